The lowest BCUT2D eigenvalue weighted by molar-refractivity contribution is -0.145. The number of halogens is 1. The minimum absolute atomic E-state index is 0.0196. The molecule has 0 fully saturated rings. The van der Waals surface area contributed by atoms with E-state index in [-0.39, 0.29) is 18.4 Å². The van der Waals surface area contributed by atoms with E-state index in [1.54, 1.807) is 37.9 Å². The number of hydrogen-bond donors (Lipinski definition) is 5. The molecule has 7 N–H and O–H groups in total. The molecule has 0 unspecified atom stereocenters. The molecule has 0 aromatic heterocycles. The van der Waals surface area contributed by atoms with Crippen LogP contribution < -0.4 is 27.4 Å². The molecule has 0 heterocycles. The third-order valence-corrected chi connectivity index (χ3v) is 7.38. The van der Waals surface area contributed by atoms with Crippen molar-refractivity contribution in [2.24, 2.45) is 11.5 Å². The highest BCUT2D eigenvalue weighted by Crippen LogP contribution is 2.34. The standard InChI is InChI=1S/C26H38ClN7O3S/c1-33(2)34(3)26(37)22(14-29)32-25(36)21(8-6-12-28)31-16-18-7-4-5-9-23(18)38-24-11-10-20(27)13-19(24)15-30-17-35/h4-5,7,9-11,13,17,21-22,31H,6,8,12,14-16,28-29H2,1-3H3,(H,30,35)(H,32,36)/t21-,22-/m0/s1. The summed E-state index contributed by atoms with van der Waals surface area (Å²) in [6.45, 7) is 1.20. The van der Waals surface area contributed by atoms with Crippen molar-refractivity contribution in [2.45, 2.75) is 47.8 Å². The van der Waals surface area contributed by atoms with Gasteiger partial charge in [-0.25, -0.2) is 5.01 Å². The lowest BCUT2D eigenvalue weighted by Gasteiger charge is -2.29. The quantitative estimate of drug-likeness (QED) is 0.152. The molecule has 2 atom stereocenters. The highest BCUT2D eigenvalue weighted by molar-refractivity contribution is 7.99. The Kier molecular flexibility index (Phi) is 13.6. The fourth-order valence-corrected chi connectivity index (χ4v) is 4.85. The van der Waals surface area contributed by atoms with E-state index in [4.69, 9.17) is 23.1 Å². The Morgan fingerprint density at radius 3 is 2.39 bits per heavy atom. The molecule has 3 amide bonds. The van der Waals surface area contributed by atoms with E-state index in [1.807, 2.05) is 42.5 Å². The number of hydrogen-bond acceptors (Lipinski definition) is 8. The van der Waals surface area contributed by atoms with Gasteiger partial charge in [-0.2, -0.15) is 0 Å². The molecule has 2 rings (SSSR count). The van der Waals surface area contributed by atoms with Gasteiger partial charge in [0.25, 0.3) is 5.91 Å². The predicted molar refractivity (Wildman–Crippen MR) is 151 cm³/mol. The maximum atomic E-state index is 13.2. The summed E-state index contributed by atoms with van der Waals surface area (Å²) in [5.41, 5.74) is 13.4. The molecular formula is C26H38ClN7O3S. The summed E-state index contributed by atoms with van der Waals surface area (Å²) < 4.78 is 0. The van der Waals surface area contributed by atoms with Crippen LogP contribution in [0.5, 0.6) is 0 Å². The predicted octanol–water partition coefficient (Wildman–Crippen LogP) is 1.31. The number of carbonyl (C=O) groups excluding carboxylic acids is 3. The number of amides is 3. The van der Waals surface area contributed by atoms with Crippen LogP contribution in [0.2, 0.25) is 5.02 Å². The summed E-state index contributed by atoms with van der Waals surface area (Å²) in [5, 5.41) is 12.4. The van der Waals surface area contributed by atoms with Crippen molar-refractivity contribution >= 4 is 41.6 Å². The molecule has 10 nitrogen and oxygen atoms in total. The van der Waals surface area contributed by atoms with Gasteiger partial charge in [-0.3, -0.25) is 19.4 Å². The summed E-state index contributed by atoms with van der Waals surface area (Å²) in [5.74, 6) is -0.604. The van der Waals surface area contributed by atoms with Gasteiger partial charge < -0.3 is 27.4 Å². The van der Waals surface area contributed by atoms with E-state index in [2.05, 4.69) is 16.0 Å². The van der Waals surface area contributed by atoms with Crippen LogP contribution in [0.3, 0.4) is 0 Å². The van der Waals surface area contributed by atoms with Gasteiger partial charge in [0.05, 0.1) is 6.04 Å². The summed E-state index contributed by atoms with van der Waals surface area (Å²) in [6, 6.07) is 12.0. The van der Waals surface area contributed by atoms with Crippen LogP contribution in [0.15, 0.2) is 52.3 Å². The maximum absolute atomic E-state index is 13.2. The average molecular weight is 564 g/mol. The first-order valence-corrected chi connectivity index (χ1v) is 13.5. The molecule has 0 aliphatic carbocycles. The Bertz CT molecular complexity index is 1070. The Balaban J connectivity index is 2.17. The van der Waals surface area contributed by atoms with Gasteiger partial charge in [-0.15, -0.1) is 0 Å². The Labute approximate surface area is 233 Å². The fourth-order valence-electron chi connectivity index (χ4n) is 3.60. The second-order valence-corrected chi connectivity index (χ2v) is 10.4. The first kappa shape index (κ1) is 31.5. The molecule has 0 bridgehead atoms. The van der Waals surface area contributed by atoms with Crippen molar-refractivity contribution in [1.29, 1.82) is 0 Å². The van der Waals surface area contributed by atoms with Crippen molar-refractivity contribution in [3.63, 3.8) is 0 Å². The monoisotopic (exact) mass is 563 g/mol. The summed E-state index contributed by atoms with van der Waals surface area (Å²) in [4.78, 5) is 38.7. The molecule has 38 heavy (non-hydrogen) atoms. The van der Waals surface area contributed by atoms with Crippen LogP contribution >= 0.6 is 23.4 Å². The molecule has 12 heteroatoms. The van der Waals surface area contributed by atoms with Crippen LogP contribution in [0.4, 0.5) is 0 Å². The summed E-state index contributed by atoms with van der Waals surface area (Å²) in [6.07, 6.45) is 1.80. The van der Waals surface area contributed by atoms with E-state index in [0.29, 0.717) is 43.9 Å². The van der Waals surface area contributed by atoms with Crippen LogP contribution in [0.25, 0.3) is 0 Å². The molecule has 0 spiro atoms. The van der Waals surface area contributed by atoms with Gasteiger partial charge in [0.2, 0.25) is 12.3 Å². The summed E-state index contributed by atoms with van der Waals surface area (Å²) in [7, 11) is 5.09. The van der Waals surface area contributed by atoms with Crippen LogP contribution in [0.1, 0.15) is 24.0 Å². The van der Waals surface area contributed by atoms with Gasteiger partial charge in [0, 0.05) is 55.6 Å². The fraction of sp³-hybridized carbons (Fsp3) is 0.423. The van der Waals surface area contributed by atoms with Crippen molar-refractivity contribution in [1.82, 2.24) is 26.0 Å². The molecular weight excluding hydrogens is 526 g/mol. The van der Waals surface area contributed by atoms with Gasteiger partial charge in [-0.05, 0) is 54.8 Å². The number of nitrogens with zero attached hydrogens (tertiary/aromatic N) is 2. The minimum Gasteiger partial charge on any atom is -0.355 e. The Hall–Kier alpha value is -2.67. The van der Waals surface area contributed by atoms with Gasteiger partial charge in [-0.1, -0.05) is 41.6 Å². The molecule has 0 saturated carbocycles. The normalized spacial score (nSPS) is 12.6. The molecule has 2 aromatic carbocycles. The average Bonchev–Trinajstić information content (AvgIpc) is 2.91. The molecule has 2 aromatic rings. The van der Waals surface area contributed by atoms with Crippen LogP contribution in [0, 0.1) is 0 Å². The molecule has 0 aliphatic rings. The maximum Gasteiger partial charge on any atom is 0.260 e. The number of carbonyl (C=O) groups is 3. The van der Waals surface area contributed by atoms with E-state index in [1.165, 1.54) is 5.01 Å². The van der Waals surface area contributed by atoms with E-state index in [9.17, 15) is 14.4 Å². The third-order valence-electron chi connectivity index (χ3n) is 5.91. The third kappa shape index (κ3) is 9.57. The second kappa shape index (κ2) is 16.3. The molecule has 208 valence electrons. The number of hydrazine groups is 1. The Morgan fingerprint density at radius 1 is 1.03 bits per heavy atom. The largest absolute Gasteiger partial charge is 0.355 e. The number of likely N-dealkylation sites (N-methyl/N-ethyl adjacent to an activating group) is 1. The zero-order valence-electron chi connectivity index (χ0n) is 22.1. The first-order valence-electron chi connectivity index (χ1n) is 12.3. The van der Waals surface area contributed by atoms with Crippen molar-refractivity contribution in [3.05, 3.63) is 58.6 Å². The smallest absolute Gasteiger partial charge is 0.260 e. The highest BCUT2D eigenvalue weighted by Gasteiger charge is 2.27. The van der Waals surface area contributed by atoms with E-state index in [0.717, 1.165) is 20.9 Å². The van der Waals surface area contributed by atoms with Crippen molar-refractivity contribution < 1.29 is 14.4 Å². The molecule has 0 aliphatic heterocycles. The van der Waals surface area contributed by atoms with Gasteiger partial charge in [0.15, 0.2) is 0 Å². The topological polar surface area (TPSA) is 146 Å². The van der Waals surface area contributed by atoms with E-state index < -0.39 is 12.1 Å². The van der Waals surface area contributed by atoms with E-state index >= 15 is 0 Å². The van der Waals surface area contributed by atoms with Crippen LogP contribution in [-0.2, 0) is 27.5 Å². The zero-order valence-corrected chi connectivity index (χ0v) is 23.6. The number of nitrogens with two attached hydrogens (primary N) is 2. The lowest BCUT2D eigenvalue weighted by Crippen LogP contribution is -2.57. The SMILES string of the molecule is CN(C)N(C)C(=O)[C@H](CN)NC(=O)[C@H](CCCN)NCc1ccccc1Sc1ccc(Cl)cc1CNC=O. The number of rotatable bonds is 16. The Morgan fingerprint density at radius 2 is 1.74 bits per heavy atom. The van der Waals surface area contributed by atoms with Crippen molar-refractivity contribution in [3.8, 4) is 0 Å². The first-order chi connectivity index (χ1) is 18.2. The highest BCUT2D eigenvalue weighted by atomic mass is 35.5. The van der Waals surface area contributed by atoms with Crippen molar-refractivity contribution in [2.75, 3.05) is 34.2 Å². The lowest BCUT2D eigenvalue weighted by atomic mass is 10.1. The number of nitrogens with one attached hydrogen (secondary N) is 3. The second-order valence-electron chi connectivity index (χ2n) is 8.83. The zero-order chi connectivity index (χ0) is 28.1. The molecule has 0 saturated heterocycles. The van der Waals surface area contributed by atoms with Gasteiger partial charge >= 0.3 is 0 Å². The molecule has 0 radical (unpaired) electrons. The summed E-state index contributed by atoms with van der Waals surface area (Å²) >= 11 is 7.72. The number of benzene rings is 2. The van der Waals surface area contributed by atoms with Gasteiger partial charge in [0.1, 0.15) is 6.04 Å². The van der Waals surface area contributed by atoms with Crippen LogP contribution in [-0.4, -0.2) is 74.6 Å². The minimum atomic E-state index is -0.844.